The first-order valence-corrected chi connectivity index (χ1v) is 9.96. The second-order valence-electron chi connectivity index (χ2n) is 7.04. The zero-order valence-corrected chi connectivity index (χ0v) is 16.1. The molecule has 2 N–H and O–H groups in total. The van der Waals surface area contributed by atoms with Gasteiger partial charge in [0.2, 0.25) is 0 Å². The van der Waals surface area contributed by atoms with Crippen LogP contribution in [0, 0.1) is 0 Å². The van der Waals surface area contributed by atoms with E-state index in [0.29, 0.717) is 30.4 Å². The number of Topliss-reactive ketones (excluding diaryl/α,β-unsaturated/α-hetero) is 2. The highest BCUT2D eigenvalue weighted by molar-refractivity contribution is 5.99. The molecule has 0 spiro atoms. The van der Waals surface area contributed by atoms with Crippen LogP contribution < -0.4 is 0 Å². The maximum atomic E-state index is 12.0. The molecule has 4 heteroatoms. The van der Waals surface area contributed by atoms with Crippen molar-refractivity contribution in [1.29, 1.82) is 0 Å². The molecule has 0 radical (unpaired) electrons. The van der Waals surface area contributed by atoms with E-state index in [2.05, 4.69) is 6.92 Å². The molecule has 0 amide bonds. The summed E-state index contributed by atoms with van der Waals surface area (Å²) in [6, 6.07) is 5.45. The van der Waals surface area contributed by atoms with Gasteiger partial charge in [0.1, 0.15) is 11.6 Å². The summed E-state index contributed by atoms with van der Waals surface area (Å²) in [6.07, 6.45) is 9.64. The fourth-order valence-electron chi connectivity index (χ4n) is 3.10. The van der Waals surface area contributed by atoms with Gasteiger partial charge in [-0.1, -0.05) is 63.6 Å². The first kappa shape index (κ1) is 22.5. The van der Waals surface area contributed by atoms with Crippen LogP contribution in [-0.2, 0) is 29.2 Å². The van der Waals surface area contributed by atoms with Crippen molar-refractivity contribution in [2.45, 2.75) is 90.8 Å². The number of ketones is 2. The molecule has 0 unspecified atom stereocenters. The summed E-state index contributed by atoms with van der Waals surface area (Å²) < 4.78 is 0. The Labute approximate surface area is 157 Å². The second kappa shape index (κ2) is 13.7. The van der Waals surface area contributed by atoms with Crippen molar-refractivity contribution in [3.8, 4) is 0 Å². The van der Waals surface area contributed by atoms with Crippen LogP contribution in [0.15, 0.2) is 18.2 Å². The van der Waals surface area contributed by atoms with Gasteiger partial charge >= 0.3 is 0 Å². The van der Waals surface area contributed by atoms with Crippen LogP contribution in [0.25, 0.3) is 0 Å². The Kier molecular flexibility index (Phi) is 11.8. The largest absolute Gasteiger partial charge is 0.392 e. The molecule has 0 aromatic heterocycles. The Morgan fingerprint density at radius 2 is 1.42 bits per heavy atom. The van der Waals surface area contributed by atoms with Gasteiger partial charge in [-0.15, -0.1) is 0 Å². The molecule has 0 atom stereocenters. The van der Waals surface area contributed by atoms with Crippen molar-refractivity contribution in [3.05, 3.63) is 34.9 Å². The maximum Gasteiger partial charge on any atom is 0.140 e. The van der Waals surface area contributed by atoms with Gasteiger partial charge in [-0.25, -0.2) is 0 Å². The molecule has 146 valence electrons. The number of hydrogen-bond acceptors (Lipinski definition) is 4. The van der Waals surface area contributed by atoms with Crippen molar-refractivity contribution >= 4 is 11.6 Å². The number of carbonyl (C=O) groups excluding carboxylic acids is 2. The lowest BCUT2D eigenvalue weighted by molar-refractivity contribution is -0.127. The highest BCUT2D eigenvalue weighted by Gasteiger charge is 2.10. The minimum atomic E-state index is -0.130. The summed E-state index contributed by atoms with van der Waals surface area (Å²) in [6.45, 7) is 1.96. The highest BCUT2D eigenvalue weighted by Crippen LogP contribution is 2.15. The van der Waals surface area contributed by atoms with Gasteiger partial charge in [0.05, 0.1) is 19.6 Å². The van der Waals surface area contributed by atoms with Crippen LogP contribution in [0.4, 0.5) is 0 Å². The smallest absolute Gasteiger partial charge is 0.140 e. The predicted octanol–water partition coefficient (Wildman–Crippen LogP) is 4.27. The molecule has 0 aliphatic carbocycles. The Balaban J connectivity index is 2.22. The van der Waals surface area contributed by atoms with Gasteiger partial charge in [0.25, 0.3) is 0 Å². The summed E-state index contributed by atoms with van der Waals surface area (Å²) in [7, 11) is 0. The maximum absolute atomic E-state index is 12.0. The van der Waals surface area contributed by atoms with Gasteiger partial charge in [-0.3, -0.25) is 9.59 Å². The van der Waals surface area contributed by atoms with E-state index < -0.39 is 0 Å². The normalized spacial score (nSPS) is 10.9. The summed E-state index contributed by atoms with van der Waals surface area (Å²) in [4.78, 5) is 23.9. The molecule has 4 nitrogen and oxygen atoms in total. The number of benzene rings is 1. The fourth-order valence-corrected chi connectivity index (χ4v) is 3.10. The van der Waals surface area contributed by atoms with E-state index in [0.717, 1.165) is 18.4 Å². The van der Waals surface area contributed by atoms with Crippen LogP contribution in [0.5, 0.6) is 0 Å². The third kappa shape index (κ3) is 9.25. The Morgan fingerprint density at radius 3 is 2.08 bits per heavy atom. The lowest BCUT2D eigenvalue weighted by Gasteiger charge is -2.08. The molecule has 0 saturated heterocycles. The lowest BCUT2D eigenvalue weighted by Crippen LogP contribution is -2.09. The Bertz CT molecular complexity index is 551. The lowest BCUT2D eigenvalue weighted by atomic mass is 9.99. The van der Waals surface area contributed by atoms with Crippen LogP contribution in [0.3, 0.4) is 0 Å². The van der Waals surface area contributed by atoms with Gasteiger partial charge in [-0.2, -0.15) is 0 Å². The number of aryl methyl sites for hydroxylation is 1. The third-order valence-electron chi connectivity index (χ3n) is 4.76. The van der Waals surface area contributed by atoms with Gasteiger partial charge in [-0.05, 0) is 29.5 Å². The third-order valence-corrected chi connectivity index (χ3v) is 4.76. The number of unbranched alkanes of at least 4 members (excludes halogenated alkanes) is 6. The van der Waals surface area contributed by atoms with Crippen LogP contribution in [0.2, 0.25) is 0 Å². The number of hydrogen-bond donors (Lipinski definition) is 2. The molecule has 0 heterocycles. The minimum Gasteiger partial charge on any atom is -0.392 e. The molecule has 1 rings (SSSR count). The minimum absolute atomic E-state index is 0.0188. The van der Waals surface area contributed by atoms with E-state index in [1.54, 1.807) is 6.07 Å². The molecular weight excluding hydrogens is 328 g/mol. The summed E-state index contributed by atoms with van der Waals surface area (Å²) in [5.41, 5.74) is 2.33. The molecule has 0 aliphatic heterocycles. The second-order valence-corrected chi connectivity index (χ2v) is 7.04. The zero-order valence-electron chi connectivity index (χ0n) is 16.1. The monoisotopic (exact) mass is 362 g/mol. The van der Waals surface area contributed by atoms with Crippen molar-refractivity contribution in [2.75, 3.05) is 0 Å². The quantitative estimate of drug-likeness (QED) is 0.361. The summed E-state index contributed by atoms with van der Waals surface area (Å²) in [5, 5.41) is 18.5. The first-order chi connectivity index (χ1) is 12.6. The summed E-state index contributed by atoms with van der Waals surface area (Å²) >= 11 is 0. The number of aliphatic hydroxyl groups is 2. The standard InChI is InChI=1S/C22H34O4/c1-2-3-4-5-6-7-8-9-21(25)15-22(26)13-11-18-10-12-19(16-23)20(14-18)17-24/h10,12,14,23-24H,2-9,11,13,15-17H2,1H3. The van der Waals surface area contributed by atoms with Gasteiger partial charge < -0.3 is 10.2 Å². The summed E-state index contributed by atoms with van der Waals surface area (Å²) in [5.74, 6) is 0.0324. The van der Waals surface area contributed by atoms with Gasteiger partial charge in [0, 0.05) is 12.8 Å². The number of aliphatic hydroxyl groups excluding tert-OH is 2. The number of carbonyl (C=O) groups is 2. The zero-order chi connectivity index (χ0) is 19.2. The molecule has 1 aromatic carbocycles. The van der Waals surface area contributed by atoms with E-state index in [9.17, 15) is 19.8 Å². The molecule has 0 fully saturated rings. The first-order valence-electron chi connectivity index (χ1n) is 9.96. The molecule has 0 saturated carbocycles. The van der Waals surface area contributed by atoms with Crippen molar-refractivity contribution in [1.82, 2.24) is 0 Å². The van der Waals surface area contributed by atoms with Crippen molar-refractivity contribution in [3.63, 3.8) is 0 Å². The van der Waals surface area contributed by atoms with E-state index in [4.69, 9.17) is 0 Å². The van der Waals surface area contributed by atoms with E-state index >= 15 is 0 Å². The molecule has 1 aromatic rings. The topological polar surface area (TPSA) is 74.6 Å². The Hall–Kier alpha value is -1.52. The molecule has 0 bridgehead atoms. The van der Waals surface area contributed by atoms with Crippen LogP contribution in [-0.4, -0.2) is 21.8 Å². The molecule has 0 aliphatic rings. The van der Waals surface area contributed by atoms with E-state index in [1.807, 2.05) is 12.1 Å². The highest BCUT2D eigenvalue weighted by atomic mass is 16.3. The van der Waals surface area contributed by atoms with E-state index in [-0.39, 0.29) is 31.2 Å². The van der Waals surface area contributed by atoms with Crippen LogP contribution in [0.1, 0.15) is 87.8 Å². The SMILES string of the molecule is CCCCCCCCCC(=O)CC(=O)CCc1ccc(CO)c(CO)c1. The predicted molar refractivity (Wildman–Crippen MR) is 104 cm³/mol. The van der Waals surface area contributed by atoms with Crippen molar-refractivity contribution in [2.24, 2.45) is 0 Å². The average Bonchev–Trinajstić information content (AvgIpc) is 2.65. The van der Waals surface area contributed by atoms with E-state index in [1.165, 1.54) is 32.1 Å². The molecular formula is C22H34O4. The Morgan fingerprint density at radius 1 is 0.808 bits per heavy atom. The van der Waals surface area contributed by atoms with Crippen molar-refractivity contribution < 1.29 is 19.8 Å². The molecule has 26 heavy (non-hydrogen) atoms. The van der Waals surface area contributed by atoms with Gasteiger partial charge in [0.15, 0.2) is 0 Å². The number of rotatable bonds is 15. The van der Waals surface area contributed by atoms with Crippen LogP contribution >= 0.6 is 0 Å². The average molecular weight is 363 g/mol. The fraction of sp³-hybridized carbons (Fsp3) is 0.636.